The number of carboxylic acid groups (broad SMARTS) is 2. The SMILES string of the molecule is CC(OC(=O)O)OC(=O)O. The fourth-order valence-corrected chi connectivity index (χ4v) is 0.308. The van der Waals surface area contributed by atoms with Crippen LogP contribution < -0.4 is 0 Å². The van der Waals surface area contributed by atoms with E-state index in [1.807, 2.05) is 0 Å². The van der Waals surface area contributed by atoms with Crippen molar-refractivity contribution in [3.63, 3.8) is 0 Å². The predicted molar refractivity (Wildman–Crippen MR) is 27.7 cm³/mol. The largest absolute Gasteiger partial charge is 0.508 e. The molecule has 0 saturated heterocycles. The first kappa shape index (κ1) is 8.54. The Kier molecular flexibility index (Phi) is 3.03. The second kappa shape index (κ2) is 3.54. The number of ether oxygens (including phenoxy) is 2. The van der Waals surface area contributed by atoms with Gasteiger partial charge in [0.1, 0.15) is 0 Å². The van der Waals surface area contributed by atoms with Crippen molar-refractivity contribution in [2.75, 3.05) is 0 Å². The molecule has 58 valence electrons. The van der Waals surface area contributed by atoms with E-state index in [2.05, 4.69) is 9.47 Å². The monoisotopic (exact) mass is 150 g/mol. The van der Waals surface area contributed by atoms with Crippen LogP contribution in [-0.4, -0.2) is 28.8 Å². The van der Waals surface area contributed by atoms with Crippen LogP contribution in [0.4, 0.5) is 9.59 Å². The molecule has 0 aliphatic carbocycles. The van der Waals surface area contributed by atoms with Gasteiger partial charge in [0.25, 0.3) is 6.29 Å². The minimum atomic E-state index is -1.58. The Morgan fingerprint density at radius 1 is 1.20 bits per heavy atom. The Morgan fingerprint density at radius 3 is 1.70 bits per heavy atom. The summed E-state index contributed by atoms with van der Waals surface area (Å²) in [6, 6.07) is 0. The van der Waals surface area contributed by atoms with Crippen LogP contribution in [0.2, 0.25) is 0 Å². The summed E-state index contributed by atoms with van der Waals surface area (Å²) in [4.78, 5) is 19.4. The van der Waals surface area contributed by atoms with Crippen LogP contribution in [0.25, 0.3) is 0 Å². The van der Waals surface area contributed by atoms with Crippen molar-refractivity contribution in [3.05, 3.63) is 0 Å². The summed E-state index contributed by atoms with van der Waals surface area (Å²) >= 11 is 0. The Hall–Kier alpha value is -1.46. The van der Waals surface area contributed by atoms with Crippen molar-refractivity contribution in [2.24, 2.45) is 0 Å². The fraction of sp³-hybridized carbons (Fsp3) is 0.500. The zero-order valence-electron chi connectivity index (χ0n) is 5.10. The van der Waals surface area contributed by atoms with E-state index in [0.29, 0.717) is 0 Å². The van der Waals surface area contributed by atoms with Crippen LogP contribution in [-0.2, 0) is 9.47 Å². The third-order valence-corrected chi connectivity index (χ3v) is 0.534. The highest BCUT2D eigenvalue weighted by Gasteiger charge is 2.10. The van der Waals surface area contributed by atoms with Crippen LogP contribution in [0.3, 0.4) is 0 Å². The molecule has 0 atom stereocenters. The van der Waals surface area contributed by atoms with Gasteiger partial charge in [0, 0.05) is 6.92 Å². The lowest BCUT2D eigenvalue weighted by Gasteiger charge is -2.07. The molecule has 6 heteroatoms. The molecular formula is C4H6O6. The molecule has 0 aromatic carbocycles. The number of hydrogen-bond acceptors (Lipinski definition) is 4. The summed E-state index contributed by atoms with van der Waals surface area (Å²) in [5.41, 5.74) is 0. The van der Waals surface area contributed by atoms with Crippen molar-refractivity contribution < 1.29 is 29.3 Å². The molecule has 6 nitrogen and oxygen atoms in total. The van der Waals surface area contributed by atoms with E-state index in [9.17, 15) is 9.59 Å². The van der Waals surface area contributed by atoms with Gasteiger partial charge in [0.05, 0.1) is 0 Å². The molecule has 0 fully saturated rings. The molecule has 0 aliphatic heterocycles. The molecule has 0 saturated carbocycles. The molecule has 0 radical (unpaired) electrons. The molecule has 10 heavy (non-hydrogen) atoms. The minimum absolute atomic E-state index is 1.16. The normalized spacial score (nSPS) is 9.00. The van der Waals surface area contributed by atoms with Crippen LogP contribution in [0.1, 0.15) is 6.92 Å². The predicted octanol–water partition coefficient (Wildman–Crippen LogP) is 0.722. The summed E-state index contributed by atoms with van der Waals surface area (Å²) < 4.78 is 7.75. The molecule has 0 amide bonds. The summed E-state index contributed by atoms with van der Waals surface area (Å²) in [6.07, 6.45) is -4.43. The van der Waals surface area contributed by atoms with E-state index >= 15 is 0 Å². The second-order valence-corrected chi connectivity index (χ2v) is 1.34. The van der Waals surface area contributed by atoms with Crippen molar-refractivity contribution in [1.29, 1.82) is 0 Å². The van der Waals surface area contributed by atoms with Crippen LogP contribution in [0.5, 0.6) is 0 Å². The number of rotatable bonds is 2. The van der Waals surface area contributed by atoms with E-state index in [1.54, 1.807) is 0 Å². The van der Waals surface area contributed by atoms with Gasteiger partial charge >= 0.3 is 12.3 Å². The van der Waals surface area contributed by atoms with Gasteiger partial charge in [-0.15, -0.1) is 0 Å². The van der Waals surface area contributed by atoms with Crippen LogP contribution >= 0.6 is 0 Å². The van der Waals surface area contributed by atoms with E-state index < -0.39 is 18.6 Å². The molecule has 0 aliphatic rings. The third kappa shape index (κ3) is 4.69. The van der Waals surface area contributed by atoms with Crippen LogP contribution in [0, 0.1) is 0 Å². The summed E-state index contributed by atoms with van der Waals surface area (Å²) in [7, 11) is 0. The first-order chi connectivity index (χ1) is 4.52. The first-order valence-corrected chi connectivity index (χ1v) is 2.31. The van der Waals surface area contributed by atoms with Crippen molar-refractivity contribution in [3.8, 4) is 0 Å². The maximum absolute atomic E-state index is 9.70. The lowest BCUT2D eigenvalue weighted by atomic mass is 10.7. The average Bonchev–Trinajstić information content (AvgIpc) is 1.58. The average molecular weight is 150 g/mol. The highest BCUT2D eigenvalue weighted by molar-refractivity contribution is 5.59. The van der Waals surface area contributed by atoms with Gasteiger partial charge in [0.2, 0.25) is 0 Å². The summed E-state index contributed by atoms with van der Waals surface area (Å²) in [5, 5.41) is 15.8. The van der Waals surface area contributed by atoms with Crippen LogP contribution in [0.15, 0.2) is 0 Å². The zero-order valence-corrected chi connectivity index (χ0v) is 5.10. The molecule has 0 unspecified atom stereocenters. The Labute approximate surface area is 56.0 Å². The van der Waals surface area contributed by atoms with E-state index in [1.165, 1.54) is 0 Å². The molecule has 0 bridgehead atoms. The Bertz CT molecular complexity index is 125. The lowest BCUT2D eigenvalue weighted by molar-refractivity contribution is -0.0793. The standard InChI is InChI=1S/C4H6O6/c1-2(9-3(5)6)10-4(7)8/h2H,1H3,(H,5,6)(H,7,8). The number of hydrogen-bond donors (Lipinski definition) is 2. The quantitative estimate of drug-likeness (QED) is 0.445. The fourth-order valence-electron chi connectivity index (χ4n) is 0.308. The maximum atomic E-state index is 9.70. The third-order valence-electron chi connectivity index (χ3n) is 0.534. The number of carbonyl (C=O) groups is 2. The highest BCUT2D eigenvalue weighted by Crippen LogP contribution is 1.93. The molecule has 0 aromatic heterocycles. The summed E-state index contributed by atoms with van der Waals surface area (Å²) in [6.45, 7) is 1.16. The molecule has 0 spiro atoms. The van der Waals surface area contributed by atoms with Gasteiger partial charge in [0.15, 0.2) is 0 Å². The Morgan fingerprint density at radius 2 is 1.50 bits per heavy atom. The van der Waals surface area contributed by atoms with E-state index in [4.69, 9.17) is 10.2 Å². The molecule has 2 N–H and O–H groups in total. The Balaban J connectivity index is 3.53. The molecule has 0 rings (SSSR count). The first-order valence-electron chi connectivity index (χ1n) is 2.31. The smallest absolute Gasteiger partial charge is 0.450 e. The zero-order chi connectivity index (χ0) is 8.15. The van der Waals surface area contributed by atoms with Gasteiger partial charge in [-0.2, -0.15) is 0 Å². The minimum Gasteiger partial charge on any atom is -0.450 e. The van der Waals surface area contributed by atoms with Gasteiger partial charge in [-0.1, -0.05) is 0 Å². The maximum Gasteiger partial charge on any atom is 0.508 e. The lowest BCUT2D eigenvalue weighted by Crippen LogP contribution is -2.19. The van der Waals surface area contributed by atoms with Gasteiger partial charge < -0.3 is 19.7 Å². The van der Waals surface area contributed by atoms with E-state index in [-0.39, 0.29) is 0 Å². The van der Waals surface area contributed by atoms with Gasteiger partial charge in [-0.25, -0.2) is 9.59 Å². The topological polar surface area (TPSA) is 93.1 Å². The summed E-state index contributed by atoms with van der Waals surface area (Å²) in [5.74, 6) is 0. The van der Waals surface area contributed by atoms with Crippen molar-refractivity contribution in [2.45, 2.75) is 13.2 Å². The van der Waals surface area contributed by atoms with Gasteiger partial charge in [-0.3, -0.25) is 0 Å². The molecule has 0 aromatic rings. The second-order valence-electron chi connectivity index (χ2n) is 1.34. The van der Waals surface area contributed by atoms with E-state index in [0.717, 1.165) is 6.92 Å². The highest BCUT2D eigenvalue weighted by atomic mass is 16.8. The van der Waals surface area contributed by atoms with Gasteiger partial charge in [-0.05, 0) is 0 Å². The molecule has 0 heterocycles. The van der Waals surface area contributed by atoms with Crippen molar-refractivity contribution in [1.82, 2.24) is 0 Å². The molecular weight excluding hydrogens is 144 g/mol. The van der Waals surface area contributed by atoms with Crippen molar-refractivity contribution >= 4 is 12.3 Å².